The Morgan fingerprint density at radius 2 is 2.17 bits per heavy atom. The number of allylic oxidation sites excluding steroid dienone is 1. The molecule has 156 valence electrons. The number of aromatic nitrogens is 1. The highest BCUT2D eigenvalue weighted by atomic mass is 16.2. The number of fused-ring (bicyclic) bond motifs is 1. The molecule has 30 heavy (non-hydrogen) atoms. The molecule has 0 spiro atoms. The van der Waals surface area contributed by atoms with Gasteiger partial charge in [0.2, 0.25) is 11.8 Å². The second-order valence-corrected chi connectivity index (χ2v) is 7.98. The lowest BCUT2D eigenvalue weighted by Gasteiger charge is -2.24. The van der Waals surface area contributed by atoms with E-state index >= 15 is 0 Å². The predicted molar refractivity (Wildman–Crippen MR) is 116 cm³/mol. The van der Waals surface area contributed by atoms with Crippen LogP contribution in [0.15, 0.2) is 66.3 Å². The van der Waals surface area contributed by atoms with E-state index in [1.54, 1.807) is 29.2 Å². The Morgan fingerprint density at radius 1 is 1.33 bits per heavy atom. The van der Waals surface area contributed by atoms with Gasteiger partial charge in [-0.3, -0.25) is 14.6 Å². The monoisotopic (exact) mass is 405 g/mol. The molecule has 4 rings (SSSR count). The van der Waals surface area contributed by atoms with E-state index in [-0.39, 0.29) is 17.7 Å². The molecular formula is C23H27N5O2. The van der Waals surface area contributed by atoms with Gasteiger partial charge in [0.05, 0.1) is 0 Å². The van der Waals surface area contributed by atoms with Gasteiger partial charge in [0.1, 0.15) is 0 Å². The van der Waals surface area contributed by atoms with Crippen molar-refractivity contribution in [3.8, 4) is 0 Å². The molecule has 0 aliphatic carbocycles. The molecule has 0 bridgehead atoms. The van der Waals surface area contributed by atoms with Crippen LogP contribution in [0.5, 0.6) is 0 Å². The average molecular weight is 406 g/mol. The van der Waals surface area contributed by atoms with Gasteiger partial charge < -0.3 is 14.8 Å². The van der Waals surface area contributed by atoms with E-state index in [1.807, 2.05) is 25.5 Å². The summed E-state index contributed by atoms with van der Waals surface area (Å²) in [6.07, 6.45) is 9.48. The molecule has 1 aromatic heterocycles. The molecule has 2 aromatic rings. The molecule has 7 heteroatoms. The van der Waals surface area contributed by atoms with Gasteiger partial charge in [0, 0.05) is 69.5 Å². The third-order valence-corrected chi connectivity index (χ3v) is 5.68. The van der Waals surface area contributed by atoms with Gasteiger partial charge in [-0.15, -0.1) is 0 Å². The number of hydrogen-bond acceptors (Lipinski definition) is 4. The Balaban J connectivity index is 1.37. The van der Waals surface area contributed by atoms with Crippen LogP contribution in [-0.2, 0) is 23.2 Å². The molecule has 0 saturated heterocycles. The van der Waals surface area contributed by atoms with E-state index in [9.17, 15) is 9.59 Å². The molecule has 2 aliphatic rings. The summed E-state index contributed by atoms with van der Waals surface area (Å²) in [7, 11) is 3.82. The largest absolute Gasteiger partial charge is 0.351 e. The number of nitrogens with one attached hydrogen (secondary N) is 2. The van der Waals surface area contributed by atoms with E-state index < -0.39 is 0 Å². The van der Waals surface area contributed by atoms with Crippen LogP contribution in [0.4, 0.5) is 0 Å². The van der Waals surface area contributed by atoms with Gasteiger partial charge in [0.15, 0.2) is 0 Å². The number of amides is 2. The van der Waals surface area contributed by atoms with Crippen molar-refractivity contribution in [1.29, 1.82) is 0 Å². The fourth-order valence-corrected chi connectivity index (χ4v) is 3.91. The zero-order chi connectivity index (χ0) is 21.3. The maximum Gasteiger partial charge on any atom is 0.248 e. The molecule has 1 atom stereocenters. The molecular weight excluding hydrogens is 378 g/mol. The number of carbonyl (C=O) groups excluding carboxylic acids is 2. The molecule has 2 aliphatic heterocycles. The molecule has 0 radical (unpaired) electrons. The summed E-state index contributed by atoms with van der Waals surface area (Å²) >= 11 is 0. The molecule has 1 unspecified atom stereocenters. The molecule has 2 N–H and O–H groups in total. The second kappa shape index (κ2) is 8.20. The predicted octanol–water partition coefficient (Wildman–Crippen LogP) is 2.39. The van der Waals surface area contributed by atoms with Gasteiger partial charge in [-0.05, 0) is 46.7 Å². The molecule has 0 saturated carbocycles. The van der Waals surface area contributed by atoms with Crippen molar-refractivity contribution >= 4 is 22.7 Å². The lowest BCUT2D eigenvalue weighted by atomic mass is 9.92. The zero-order valence-electron chi connectivity index (χ0n) is 17.6. The van der Waals surface area contributed by atoms with Gasteiger partial charge in [-0.25, -0.2) is 5.43 Å². The topological polar surface area (TPSA) is 69.6 Å². The number of aryl methyl sites for hydroxylation is 1. The summed E-state index contributed by atoms with van der Waals surface area (Å²) in [6.45, 7) is 3.21. The van der Waals surface area contributed by atoms with Crippen molar-refractivity contribution < 1.29 is 9.59 Å². The van der Waals surface area contributed by atoms with E-state index in [2.05, 4.69) is 46.5 Å². The standard InChI is InChI=1S/C23H27N5O2/c1-16-12-22(29)25-20-7-10-28(24-14-19(16)20)11-8-23(30)27(3)15-17-4-5-21-18(13-17)6-9-26(21)2/h4-11,13,16,24H,12,14-15H2,1-3H3,(H,25,29). The van der Waals surface area contributed by atoms with Crippen LogP contribution in [0, 0.1) is 5.92 Å². The highest BCUT2D eigenvalue weighted by Gasteiger charge is 2.24. The zero-order valence-corrected chi connectivity index (χ0v) is 17.6. The number of benzene rings is 1. The summed E-state index contributed by atoms with van der Waals surface area (Å²) in [5.74, 6) is 0.159. The fourth-order valence-electron chi connectivity index (χ4n) is 3.91. The first kappa shape index (κ1) is 20.0. The van der Waals surface area contributed by atoms with E-state index in [4.69, 9.17) is 0 Å². The number of nitrogens with zero attached hydrogens (tertiary/aromatic N) is 3. The average Bonchev–Trinajstić information content (AvgIpc) is 2.94. The van der Waals surface area contributed by atoms with Crippen molar-refractivity contribution in [3.63, 3.8) is 0 Å². The number of rotatable bonds is 4. The maximum absolute atomic E-state index is 12.6. The molecule has 1 aromatic carbocycles. The molecule has 7 nitrogen and oxygen atoms in total. The highest BCUT2D eigenvalue weighted by Crippen LogP contribution is 2.24. The Morgan fingerprint density at radius 3 is 3.00 bits per heavy atom. The Bertz CT molecular complexity index is 1080. The fraction of sp³-hybridized carbons (Fsp3) is 0.304. The van der Waals surface area contributed by atoms with Crippen LogP contribution in [0.2, 0.25) is 0 Å². The van der Waals surface area contributed by atoms with Crippen molar-refractivity contribution in [3.05, 3.63) is 71.8 Å². The summed E-state index contributed by atoms with van der Waals surface area (Å²) in [4.78, 5) is 26.0. The quantitative estimate of drug-likeness (QED) is 0.767. The lowest BCUT2D eigenvalue weighted by molar-refractivity contribution is -0.125. The first-order valence-corrected chi connectivity index (χ1v) is 10.1. The number of hydrazine groups is 1. The molecule has 3 heterocycles. The van der Waals surface area contributed by atoms with E-state index in [0.717, 1.165) is 11.3 Å². The Kier molecular flexibility index (Phi) is 5.46. The third-order valence-electron chi connectivity index (χ3n) is 5.68. The van der Waals surface area contributed by atoms with Crippen molar-refractivity contribution in [2.24, 2.45) is 13.0 Å². The first-order valence-electron chi connectivity index (χ1n) is 10.1. The number of likely N-dealkylation sites (N-methyl/N-ethyl adjacent to an activating group) is 1. The minimum atomic E-state index is -0.0815. The minimum Gasteiger partial charge on any atom is -0.351 e. The Labute approximate surface area is 176 Å². The van der Waals surface area contributed by atoms with Gasteiger partial charge >= 0.3 is 0 Å². The van der Waals surface area contributed by atoms with Crippen LogP contribution in [0.3, 0.4) is 0 Å². The van der Waals surface area contributed by atoms with Crippen LogP contribution >= 0.6 is 0 Å². The van der Waals surface area contributed by atoms with E-state index in [1.165, 1.54) is 16.5 Å². The van der Waals surface area contributed by atoms with E-state index in [0.29, 0.717) is 19.5 Å². The summed E-state index contributed by atoms with van der Waals surface area (Å²) in [5, 5.41) is 5.84. The second-order valence-electron chi connectivity index (χ2n) is 7.98. The first-order chi connectivity index (χ1) is 14.4. The maximum atomic E-state index is 12.6. The smallest absolute Gasteiger partial charge is 0.248 e. The van der Waals surface area contributed by atoms with Crippen molar-refractivity contribution in [2.45, 2.75) is 19.9 Å². The van der Waals surface area contributed by atoms with Crippen LogP contribution < -0.4 is 10.7 Å². The normalized spacial score (nSPS) is 19.2. The van der Waals surface area contributed by atoms with Gasteiger partial charge in [-0.2, -0.15) is 0 Å². The third kappa shape index (κ3) is 4.16. The summed E-state index contributed by atoms with van der Waals surface area (Å²) in [5.41, 5.74) is 7.55. The number of carbonyl (C=O) groups is 2. The molecule has 2 amide bonds. The highest BCUT2D eigenvalue weighted by molar-refractivity contribution is 5.87. The summed E-state index contributed by atoms with van der Waals surface area (Å²) in [6, 6.07) is 8.34. The van der Waals surface area contributed by atoms with Gasteiger partial charge in [0.25, 0.3) is 0 Å². The molecule has 0 fully saturated rings. The minimum absolute atomic E-state index is 0.0420. The van der Waals surface area contributed by atoms with Gasteiger partial charge in [-0.1, -0.05) is 13.0 Å². The van der Waals surface area contributed by atoms with Crippen molar-refractivity contribution in [1.82, 2.24) is 25.2 Å². The van der Waals surface area contributed by atoms with Crippen LogP contribution in [-0.4, -0.2) is 39.9 Å². The number of hydrogen-bond donors (Lipinski definition) is 2. The lowest BCUT2D eigenvalue weighted by Crippen LogP contribution is -2.36. The Hall–Kier alpha value is -3.32. The van der Waals surface area contributed by atoms with Crippen LogP contribution in [0.1, 0.15) is 18.9 Å². The SMILES string of the molecule is CC1CC(=O)NC2=C1CNN(C=CC(=O)N(C)Cc1ccc3c(ccn3C)c1)C=C2. The van der Waals surface area contributed by atoms with Crippen molar-refractivity contribution in [2.75, 3.05) is 13.6 Å². The summed E-state index contributed by atoms with van der Waals surface area (Å²) < 4.78 is 2.08. The van der Waals surface area contributed by atoms with Crippen LogP contribution in [0.25, 0.3) is 10.9 Å².